The van der Waals surface area contributed by atoms with Crippen molar-refractivity contribution in [3.05, 3.63) is 41.6 Å². The number of amides is 1. The van der Waals surface area contributed by atoms with Crippen LogP contribution in [0.5, 0.6) is 11.6 Å². The summed E-state index contributed by atoms with van der Waals surface area (Å²) in [5.41, 5.74) is 3.79. The average molecular weight is 417 g/mol. The molecule has 8 heteroatoms. The summed E-state index contributed by atoms with van der Waals surface area (Å²) < 4.78 is 8.51. The molecule has 0 radical (unpaired) electrons. The van der Waals surface area contributed by atoms with Crippen LogP contribution in [0.1, 0.15) is 24.6 Å². The van der Waals surface area contributed by atoms with E-state index in [1.807, 2.05) is 30.0 Å². The molecule has 2 heterocycles. The molecule has 1 aromatic carbocycles. The van der Waals surface area contributed by atoms with Gasteiger partial charge in [0.15, 0.2) is 0 Å². The maximum absolute atomic E-state index is 12.6. The third-order valence-corrected chi connectivity index (χ3v) is 5.70. The van der Waals surface area contributed by atoms with E-state index in [9.17, 15) is 9.90 Å². The molecule has 1 saturated heterocycles. The molecule has 156 valence electrons. The summed E-state index contributed by atoms with van der Waals surface area (Å²) in [6, 6.07) is 9.19. The number of carbonyl (C=O) groups is 1. The van der Waals surface area contributed by atoms with Crippen molar-refractivity contribution in [2.75, 3.05) is 42.9 Å². The third-order valence-electron chi connectivity index (χ3n) is 4.94. The second-order valence-corrected chi connectivity index (χ2v) is 7.78. The van der Waals surface area contributed by atoms with Crippen molar-refractivity contribution in [2.45, 2.75) is 26.7 Å². The zero-order chi connectivity index (χ0) is 20.8. The highest BCUT2D eigenvalue weighted by Crippen LogP contribution is 2.29. The van der Waals surface area contributed by atoms with Crippen LogP contribution >= 0.6 is 11.9 Å². The fourth-order valence-electron chi connectivity index (χ4n) is 3.35. The maximum Gasteiger partial charge on any atom is 0.302 e. The number of aromatic nitrogens is 1. The smallest absolute Gasteiger partial charge is 0.302 e. The SMILES string of the molecule is CCCc1nc(OC)c(NSC(=O)N2CCN(c3cccc(O)c3)CC2)cc1C. The van der Waals surface area contributed by atoms with Gasteiger partial charge in [-0.2, -0.15) is 0 Å². The second kappa shape index (κ2) is 9.73. The molecule has 2 aromatic rings. The van der Waals surface area contributed by atoms with Crippen LogP contribution in [0.4, 0.5) is 16.2 Å². The van der Waals surface area contributed by atoms with E-state index in [1.54, 1.807) is 19.2 Å². The van der Waals surface area contributed by atoms with Crippen LogP contribution in [0.25, 0.3) is 0 Å². The van der Waals surface area contributed by atoms with Crippen molar-refractivity contribution in [3.63, 3.8) is 0 Å². The molecule has 1 aromatic heterocycles. The summed E-state index contributed by atoms with van der Waals surface area (Å²) in [6.07, 6.45) is 1.92. The number of hydrogen-bond acceptors (Lipinski definition) is 7. The summed E-state index contributed by atoms with van der Waals surface area (Å²) in [7, 11) is 1.59. The second-order valence-electron chi connectivity index (χ2n) is 7.02. The Labute approximate surface area is 176 Å². The molecule has 7 nitrogen and oxygen atoms in total. The van der Waals surface area contributed by atoms with Crippen LogP contribution in [0.3, 0.4) is 0 Å². The average Bonchev–Trinajstić information content (AvgIpc) is 2.73. The Balaban J connectivity index is 1.56. The Morgan fingerprint density at radius 1 is 1.28 bits per heavy atom. The highest BCUT2D eigenvalue weighted by atomic mass is 32.2. The van der Waals surface area contributed by atoms with E-state index < -0.39 is 0 Å². The quantitative estimate of drug-likeness (QED) is 0.688. The number of nitrogens with zero attached hydrogens (tertiary/aromatic N) is 3. The Hall–Kier alpha value is -2.61. The first-order valence-electron chi connectivity index (χ1n) is 9.82. The minimum Gasteiger partial charge on any atom is -0.508 e. The van der Waals surface area contributed by atoms with Gasteiger partial charge in [0.2, 0.25) is 5.88 Å². The van der Waals surface area contributed by atoms with Gasteiger partial charge in [-0.05, 0) is 37.1 Å². The van der Waals surface area contributed by atoms with Crippen molar-refractivity contribution < 1.29 is 14.6 Å². The van der Waals surface area contributed by atoms with E-state index in [0.717, 1.165) is 54.8 Å². The van der Waals surface area contributed by atoms with Crippen molar-refractivity contribution >= 4 is 28.6 Å². The van der Waals surface area contributed by atoms with E-state index in [0.29, 0.717) is 24.7 Å². The molecule has 1 amide bonds. The van der Waals surface area contributed by atoms with Crippen LogP contribution in [-0.2, 0) is 6.42 Å². The number of pyridine rings is 1. The Morgan fingerprint density at radius 2 is 2.03 bits per heavy atom. The summed E-state index contributed by atoms with van der Waals surface area (Å²) in [4.78, 5) is 21.2. The monoisotopic (exact) mass is 416 g/mol. The van der Waals surface area contributed by atoms with E-state index in [1.165, 1.54) is 0 Å². The number of methoxy groups -OCH3 is 1. The lowest BCUT2D eigenvalue weighted by atomic mass is 10.1. The number of piperazine rings is 1. The first-order valence-corrected chi connectivity index (χ1v) is 10.6. The molecule has 0 bridgehead atoms. The number of phenols is 1. The largest absolute Gasteiger partial charge is 0.508 e. The molecule has 1 aliphatic heterocycles. The third kappa shape index (κ3) is 5.26. The first kappa shape index (κ1) is 21.1. The van der Waals surface area contributed by atoms with Gasteiger partial charge in [-0.25, -0.2) is 4.98 Å². The van der Waals surface area contributed by atoms with Gasteiger partial charge < -0.3 is 24.4 Å². The van der Waals surface area contributed by atoms with Crippen LogP contribution in [0.15, 0.2) is 30.3 Å². The topological polar surface area (TPSA) is 77.9 Å². The lowest BCUT2D eigenvalue weighted by Gasteiger charge is -2.35. The number of rotatable bonds is 6. The summed E-state index contributed by atoms with van der Waals surface area (Å²) in [5, 5.41) is 9.62. The highest BCUT2D eigenvalue weighted by molar-refractivity contribution is 8.14. The predicted octanol–water partition coefficient (Wildman–Crippen LogP) is 4.06. The van der Waals surface area contributed by atoms with E-state index in [2.05, 4.69) is 21.5 Å². The molecular weight excluding hydrogens is 388 g/mol. The first-order chi connectivity index (χ1) is 14.0. The summed E-state index contributed by atoms with van der Waals surface area (Å²) in [5.74, 6) is 0.761. The number of aryl methyl sites for hydroxylation is 2. The zero-order valence-corrected chi connectivity index (χ0v) is 18.0. The van der Waals surface area contributed by atoms with Gasteiger partial charge in [0, 0.05) is 55.6 Å². The number of carbonyl (C=O) groups excluding carboxylic acids is 1. The number of aromatic hydroxyl groups is 1. The highest BCUT2D eigenvalue weighted by Gasteiger charge is 2.22. The molecular formula is C21H28N4O3S. The number of phenolic OH excluding ortho intramolecular Hbond substituents is 1. The van der Waals surface area contributed by atoms with Gasteiger partial charge >= 0.3 is 5.24 Å². The van der Waals surface area contributed by atoms with Crippen molar-refractivity contribution in [1.29, 1.82) is 0 Å². The Morgan fingerprint density at radius 3 is 2.69 bits per heavy atom. The molecule has 0 aliphatic carbocycles. The Bertz CT molecular complexity index is 854. The molecule has 0 saturated carbocycles. The number of nitrogens with one attached hydrogen (secondary N) is 1. The normalized spacial score (nSPS) is 14.0. The van der Waals surface area contributed by atoms with Crippen molar-refractivity contribution in [1.82, 2.24) is 9.88 Å². The van der Waals surface area contributed by atoms with E-state index in [-0.39, 0.29) is 11.0 Å². The lowest BCUT2D eigenvalue weighted by molar-refractivity contribution is 0.219. The maximum atomic E-state index is 12.6. The number of ether oxygens (including phenoxy) is 1. The molecule has 0 spiro atoms. The molecule has 1 aliphatic rings. The van der Waals surface area contributed by atoms with E-state index >= 15 is 0 Å². The minimum absolute atomic E-state index is 0.0297. The van der Waals surface area contributed by atoms with Crippen molar-refractivity contribution in [2.24, 2.45) is 0 Å². The molecule has 1 fully saturated rings. The predicted molar refractivity (Wildman–Crippen MR) is 118 cm³/mol. The van der Waals surface area contributed by atoms with E-state index in [4.69, 9.17) is 4.74 Å². The van der Waals surface area contributed by atoms with Gasteiger partial charge in [-0.15, -0.1) is 0 Å². The fraction of sp³-hybridized carbons (Fsp3) is 0.429. The number of benzene rings is 1. The minimum atomic E-state index is -0.0297. The van der Waals surface area contributed by atoms with Crippen LogP contribution in [0, 0.1) is 6.92 Å². The van der Waals surface area contributed by atoms with Gasteiger partial charge in [0.25, 0.3) is 0 Å². The fourth-order valence-corrected chi connectivity index (χ4v) is 4.01. The van der Waals surface area contributed by atoms with Crippen LogP contribution in [0.2, 0.25) is 0 Å². The van der Waals surface area contributed by atoms with Gasteiger partial charge in [0.1, 0.15) is 11.4 Å². The lowest BCUT2D eigenvalue weighted by Crippen LogP contribution is -2.47. The molecule has 3 rings (SSSR count). The Kier molecular flexibility index (Phi) is 7.09. The van der Waals surface area contributed by atoms with Crippen molar-refractivity contribution in [3.8, 4) is 11.6 Å². The molecule has 2 N–H and O–H groups in total. The summed E-state index contributed by atoms with van der Waals surface area (Å²) in [6.45, 7) is 6.86. The molecule has 0 unspecified atom stereocenters. The molecule has 0 atom stereocenters. The van der Waals surface area contributed by atoms with Gasteiger partial charge in [0.05, 0.1) is 7.11 Å². The van der Waals surface area contributed by atoms with Crippen LogP contribution in [-0.4, -0.2) is 53.5 Å². The van der Waals surface area contributed by atoms with Crippen LogP contribution < -0.4 is 14.4 Å². The summed E-state index contributed by atoms with van der Waals surface area (Å²) >= 11 is 1.05. The number of anilines is 2. The zero-order valence-electron chi connectivity index (χ0n) is 17.1. The van der Waals surface area contributed by atoms with Gasteiger partial charge in [-0.3, -0.25) is 4.79 Å². The number of hydrogen-bond donors (Lipinski definition) is 2. The van der Waals surface area contributed by atoms with Gasteiger partial charge in [-0.1, -0.05) is 19.4 Å². The standard InChI is InChI=1S/C21H28N4O3S/c1-4-6-18-15(2)13-19(20(22-18)28-3)23-29-21(27)25-11-9-24(10-12-25)16-7-5-8-17(26)14-16/h5,7-8,13-14,23,26H,4,6,9-12H2,1-3H3. The molecule has 29 heavy (non-hydrogen) atoms.